The van der Waals surface area contributed by atoms with Crippen molar-refractivity contribution in [3.63, 3.8) is 0 Å². The standard InChI is InChI=1S/C20H18N4O3/c1-13-3-2-4-14(7-13)10-21-19-9-16(22-11-23-19)20(25)24-15-5-6-17-18(8-15)27-12-26-17/h2-9,11H,10,12H2,1H3,(H,24,25)(H,21,22,23). The van der Waals surface area contributed by atoms with Gasteiger partial charge in [0.2, 0.25) is 6.79 Å². The minimum Gasteiger partial charge on any atom is -0.454 e. The third-order valence-corrected chi connectivity index (χ3v) is 4.09. The van der Waals surface area contributed by atoms with Gasteiger partial charge in [0.25, 0.3) is 5.91 Å². The Morgan fingerprint density at radius 1 is 1.07 bits per heavy atom. The second kappa shape index (κ2) is 7.33. The Labute approximate surface area is 156 Å². The topological polar surface area (TPSA) is 85.4 Å². The van der Waals surface area contributed by atoms with E-state index in [1.807, 2.05) is 25.1 Å². The van der Waals surface area contributed by atoms with Gasteiger partial charge in [-0.05, 0) is 24.6 Å². The van der Waals surface area contributed by atoms with E-state index in [1.54, 1.807) is 24.3 Å². The van der Waals surface area contributed by atoms with Crippen LogP contribution in [-0.2, 0) is 6.54 Å². The van der Waals surface area contributed by atoms with Crippen LogP contribution < -0.4 is 20.1 Å². The quantitative estimate of drug-likeness (QED) is 0.724. The van der Waals surface area contributed by atoms with E-state index < -0.39 is 0 Å². The molecule has 0 atom stereocenters. The summed E-state index contributed by atoms with van der Waals surface area (Å²) in [6, 6.07) is 15.0. The molecular weight excluding hydrogens is 344 g/mol. The molecule has 2 N–H and O–H groups in total. The number of carbonyl (C=O) groups excluding carboxylic acids is 1. The van der Waals surface area contributed by atoms with Crippen molar-refractivity contribution in [1.29, 1.82) is 0 Å². The normalized spacial score (nSPS) is 11.9. The van der Waals surface area contributed by atoms with E-state index >= 15 is 0 Å². The molecule has 3 aromatic rings. The van der Waals surface area contributed by atoms with Crippen molar-refractivity contribution in [3.05, 3.63) is 71.7 Å². The van der Waals surface area contributed by atoms with Crippen molar-refractivity contribution < 1.29 is 14.3 Å². The first kappa shape index (κ1) is 16.8. The minimum atomic E-state index is -0.324. The van der Waals surface area contributed by atoms with Gasteiger partial charge in [0.15, 0.2) is 11.5 Å². The summed E-state index contributed by atoms with van der Waals surface area (Å²) in [6.45, 7) is 2.85. The van der Waals surface area contributed by atoms with Crippen LogP contribution in [0.4, 0.5) is 11.5 Å². The number of aromatic nitrogens is 2. The number of nitrogens with zero attached hydrogens (tertiary/aromatic N) is 2. The summed E-state index contributed by atoms with van der Waals surface area (Å²) in [4.78, 5) is 20.7. The van der Waals surface area contributed by atoms with Crippen LogP contribution in [-0.4, -0.2) is 22.7 Å². The number of benzene rings is 2. The Morgan fingerprint density at radius 2 is 1.96 bits per heavy atom. The molecule has 2 heterocycles. The number of anilines is 2. The van der Waals surface area contributed by atoms with E-state index in [-0.39, 0.29) is 18.4 Å². The van der Waals surface area contributed by atoms with Crippen LogP contribution in [0.5, 0.6) is 11.5 Å². The van der Waals surface area contributed by atoms with Crippen molar-refractivity contribution in [3.8, 4) is 11.5 Å². The van der Waals surface area contributed by atoms with Crippen LogP contribution in [0, 0.1) is 6.92 Å². The Kier molecular flexibility index (Phi) is 4.57. The molecule has 27 heavy (non-hydrogen) atoms. The molecule has 1 aliphatic rings. The maximum Gasteiger partial charge on any atom is 0.274 e. The molecule has 0 fully saturated rings. The molecule has 1 aromatic heterocycles. The van der Waals surface area contributed by atoms with E-state index in [4.69, 9.17) is 9.47 Å². The number of hydrogen-bond acceptors (Lipinski definition) is 6. The predicted octanol–water partition coefficient (Wildman–Crippen LogP) is 3.38. The highest BCUT2D eigenvalue weighted by Crippen LogP contribution is 2.34. The van der Waals surface area contributed by atoms with Crippen molar-refractivity contribution >= 4 is 17.4 Å². The highest BCUT2D eigenvalue weighted by molar-refractivity contribution is 6.03. The largest absolute Gasteiger partial charge is 0.454 e. The van der Waals surface area contributed by atoms with Crippen molar-refractivity contribution in [2.75, 3.05) is 17.4 Å². The van der Waals surface area contributed by atoms with E-state index in [1.165, 1.54) is 11.9 Å². The van der Waals surface area contributed by atoms with Crippen LogP contribution in [0.2, 0.25) is 0 Å². The Balaban J connectivity index is 1.43. The number of carbonyl (C=O) groups is 1. The average molecular weight is 362 g/mol. The zero-order valence-electron chi connectivity index (χ0n) is 14.7. The van der Waals surface area contributed by atoms with Crippen LogP contribution >= 0.6 is 0 Å². The van der Waals surface area contributed by atoms with Crippen LogP contribution in [0.1, 0.15) is 21.6 Å². The lowest BCUT2D eigenvalue weighted by atomic mass is 10.1. The predicted molar refractivity (Wildman–Crippen MR) is 101 cm³/mol. The molecule has 7 heteroatoms. The van der Waals surface area contributed by atoms with Crippen LogP contribution in [0.15, 0.2) is 54.9 Å². The molecule has 1 aliphatic heterocycles. The molecule has 0 unspecified atom stereocenters. The van der Waals surface area contributed by atoms with Gasteiger partial charge in [0.1, 0.15) is 17.8 Å². The number of aryl methyl sites for hydroxylation is 1. The number of fused-ring (bicyclic) bond motifs is 1. The lowest BCUT2D eigenvalue weighted by Crippen LogP contribution is -2.14. The third-order valence-electron chi connectivity index (χ3n) is 4.09. The Morgan fingerprint density at radius 3 is 2.85 bits per heavy atom. The summed E-state index contributed by atoms with van der Waals surface area (Å²) in [6.07, 6.45) is 1.37. The fourth-order valence-electron chi connectivity index (χ4n) is 2.76. The molecule has 1 amide bonds. The first-order valence-electron chi connectivity index (χ1n) is 8.50. The Hall–Kier alpha value is -3.61. The number of amides is 1. The SMILES string of the molecule is Cc1cccc(CNc2cc(C(=O)Nc3ccc4c(c3)OCO4)ncn2)c1. The molecular formula is C20H18N4O3. The van der Waals surface area contributed by atoms with Gasteiger partial charge >= 0.3 is 0 Å². The molecule has 4 rings (SSSR count). The maximum absolute atomic E-state index is 12.5. The van der Waals surface area contributed by atoms with Gasteiger partial charge < -0.3 is 20.1 Å². The average Bonchev–Trinajstić information content (AvgIpc) is 3.14. The summed E-state index contributed by atoms with van der Waals surface area (Å²) in [5.41, 5.74) is 3.22. The molecule has 0 radical (unpaired) electrons. The third kappa shape index (κ3) is 3.98. The van der Waals surface area contributed by atoms with Gasteiger partial charge in [-0.1, -0.05) is 29.8 Å². The smallest absolute Gasteiger partial charge is 0.274 e. The first-order valence-corrected chi connectivity index (χ1v) is 8.50. The van der Waals surface area contributed by atoms with Gasteiger partial charge in [0.05, 0.1) is 0 Å². The number of nitrogens with one attached hydrogen (secondary N) is 2. The summed E-state index contributed by atoms with van der Waals surface area (Å²) in [5, 5.41) is 6.02. The van der Waals surface area contributed by atoms with Gasteiger partial charge in [-0.2, -0.15) is 0 Å². The maximum atomic E-state index is 12.5. The highest BCUT2D eigenvalue weighted by Gasteiger charge is 2.15. The number of hydrogen-bond donors (Lipinski definition) is 2. The molecule has 0 bridgehead atoms. The van der Waals surface area contributed by atoms with E-state index in [0.717, 1.165) is 5.56 Å². The molecule has 0 spiro atoms. The highest BCUT2D eigenvalue weighted by atomic mass is 16.7. The fourth-order valence-corrected chi connectivity index (χ4v) is 2.76. The number of rotatable bonds is 5. The summed E-state index contributed by atoms with van der Waals surface area (Å²) in [5.74, 6) is 1.53. The molecule has 0 saturated carbocycles. The second-order valence-electron chi connectivity index (χ2n) is 6.15. The van der Waals surface area contributed by atoms with Crippen molar-refractivity contribution in [2.24, 2.45) is 0 Å². The van der Waals surface area contributed by atoms with Crippen molar-refractivity contribution in [1.82, 2.24) is 9.97 Å². The molecule has 2 aromatic carbocycles. The van der Waals surface area contributed by atoms with Crippen LogP contribution in [0.25, 0.3) is 0 Å². The number of ether oxygens (including phenoxy) is 2. The Bertz CT molecular complexity index is 990. The lowest BCUT2D eigenvalue weighted by molar-refractivity contribution is 0.102. The van der Waals surface area contributed by atoms with Gasteiger partial charge in [-0.25, -0.2) is 9.97 Å². The first-order chi connectivity index (χ1) is 13.2. The summed E-state index contributed by atoms with van der Waals surface area (Å²) < 4.78 is 10.6. The molecule has 0 saturated heterocycles. The van der Waals surface area contributed by atoms with Gasteiger partial charge in [-0.15, -0.1) is 0 Å². The summed E-state index contributed by atoms with van der Waals surface area (Å²) >= 11 is 0. The zero-order valence-corrected chi connectivity index (χ0v) is 14.7. The van der Waals surface area contributed by atoms with E-state index in [9.17, 15) is 4.79 Å². The summed E-state index contributed by atoms with van der Waals surface area (Å²) in [7, 11) is 0. The van der Waals surface area contributed by atoms with Gasteiger partial charge in [0, 0.05) is 24.4 Å². The zero-order chi connectivity index (χ0) is 18.6. The van der Waals surface area contributed by atoms with E-state index in [2.05, 4.69) is 26.7 Å². The van der Waals surface area contributed by atoms with Crippen molar-refractivity contribution in [2.45, 2.75) is 13.5 Å². The fraction of sp³-hybridized carbons (Fsp3) is 0.150. The lowest BCUT2D eigenvalue weighted by Gasteiger charge is -2.08. The second-order valence-corrected chi connectivity index (χ2v) is 6.15. The minimum absolute atomic E-state index is 0.189. The van der Waals surface area contributed by atoms with Crippen LogP contribution in [0.3, 0.4) is 0 Å². The molecule has 0 aliphatic carbocycles. The van der Waals surface area contributed by atoms with Gasteiger partial charge in [-0.3, -0.25) is 4.79 Å². The van der Waals surface area contributed by atoms with E-state index in [0.29, 0.717) is 29.5 Å². The monoisotopic (exact) mass is 362 g/mol. The molecule has 136 valence electrons. The molecule has 7 nitrogen and oxygen atoms in total.